The van der Waals surface area contributed by atoms with E-state index in [1.165, 1.54) is 6.92 Å². The molecule has 0 spiro atoms. The van der Waals surface area contributed by atoms with Gasteiger partial charge in [0.15, 0.2) is 6.10 Å². The fourth-order valence-corrected chi connectivity index (χ4v) is 1.83. The zero-order valence-electron chi connectivity index (χ0n) is 12.1. The number of aliphatic carboxylic acids is 1. The molecule has 0 radical (unpaired) electrons. The zero-order valence-corrected chi connectivity index (χ0v) is 12.1. The van der Waals surface area contributed by atoms with Gasteiger partial charge in [-0.1, -0.05) is 24.6 Å². The standard InChI is InChI=1S/C15H23NO3/c1-5-8-16-11(3)13-9-10(2)6-7-14(13)19-12(4)15(17)18/h6-7,9,11-12,16H,5,8H2,1-4H3,(H,17,18). The Hall–Kier alpha value is -1.55. The molecule has 19 heavy (non-hydrogen) atoms. The lowest BCUT2D eigenvalue weighted by molar-refractivity contribution is -0.144. The molecule has 106 valence electrons. The van der Waals surface area contributed by atoms with Crippen LogP contribution in [0.2, 0.25) is 0 Å². The van der Waals surface area contributed by atoms with Crippen molar-refractivity contribution >= 4 is 5.97 Å². The van der Waals surface area contributed by atoms with Crippen LogP contribution in [0.25, 0.3) is 0 Å². The Morgan fingerprint density at radius 3 is 2.68 bits per heavy atom. The Balaban J connectivity index is 2.93. The molecule has 2 N–H and O–H groups in total. The fourth-order valence-electron chi connectivity index (χ4n) is 1.83. The first-order chi connectivity index (χ1) is 8.95. The van der Waals surface area contributed by atoms with E-state index in [0.29, 0.717) is 5.75 Å². The van der Waals surface area contributed by atoms with Crippen LogP contribution in [0.3, 0.4) is 0 Å². The third kappa shape index (κ3) is 4.56. The minimum Gasteiger partial charge on any atom is -0.479 e. The third-order valence-electron chi connectivity index (χ3n) is 2.98. The van der Waals surface area contributed by atoms with E-state index >= 15 is 0 Å². The molecule has 1 rings (SSSR count). The van der Waals surface area contributed by atoms with E-state index in [-0.39, 0.29) is 6.04 Å². The Bertz CT molecular complexity index is 431. The van der Waals surface area contributed by atoms with Crippen LogP contribution in [0.4, 0.5) is 0 Å². The van der Waals surface area contributed by atoms with Crippen molar-refractivity contribution in [2.45, 2.75) is 46.3 Å². The lowest BCUT2D eigenvalue weighted by Crippen LogP contribution is -2.25. The van der Waals surface area contributed by atoms with Gasteiger partial charge in [0.1, 0.15) is 5.75 Å². The second-order valence-electron chi connectivity index (χ2n) is 4.82. The summed E-state index contributed by atoms with van der Waals surface area (Å²) in [6.45, 7) is 8.64. The van der Waals surface area contributed by atoms with Gasteiger partial charge in [-0.3, -0.25) is 0 Å². The summed E-state index contributed by atoms with van der Waals surface area (Å²) >= 11 is 0. The number of ether oxygens (including phenoxy) is 1. The second kappa shape index (κ2) is 7.14. The molecule has 0 heterocycles. The maximum Gasteiger partial charge on any atom is 0.344 e. The smallest absolute Gasteiger partial charge is 0.344 e. The second-order valence-corrected chi connectivity index (χ2v) is 4.82. The number of benzene rings is 1. The predicted molar refractivity (Wildman–Crippen MR) is 75.6 cm³/mol. The van der Waals surface area contributed by atoms with Gasteiger partial charge in [-0.05, 0) is 39.8 Å². The summed E-state index contributed by atoms with van der Waals surface area (Å²) in [6, 6.07) is 5.95. The molecule has 1 aromatic carbocycles. The highest BCUT2D eigenvalue weighted by atomic mass is 16.5. The maximum atomic E-state index is 10.9. The molecular formula is C15H23NO3. The van der Waals surface area contributed by atoms with Gasteiger partial charge >= 0.3 is 5.97 Å². The van der Waals surface area contributed by atoms with Crippen molar-refractivity contribution in [1.29, 1.82) is 0 Å². The molecule has 0 aliphatic heterocycles. The number of carboxylic acid groups (broad SMARTS) is 1. The van der Waals surface area contributed by atoms with Gasteiger partial charge in [0.2, 0.25) is 0 Å². The van der Waals surface area contributed by atoms with Gasteiger partial charge in [0, 0.05) is 11.6 Å². The minimum atomic E-state index is -0.958. The van der Waals surface area contributed by atoms with Crippen molar-refractivity contribution in [1.82, 2.24) is 5.32 Å². The Kier molecular flexibility index (Phi) is 5.83. The normalized spacial score (nSPS) is 13.9. The van der Waals surface area contributed by atoms with Gasteiger partial charge in [0.25, 0.3) is 0 Å². The summed E-state index contributed by atoms with van der Waals surface area (Å²) in [5.41, 5.74) is 2.14. The van der Waals surface area contributed by atoms with E-state index in [0.717, 1.165) is 24.1 Å². The molecule has 4 heteroatoms. The van der Waals surface area contributed by atoms with Crippen LogP contribution in [0.1, 0.15) is 44.4 Å². The summed E-state index contributed by atoms with van der Waals surface area (Å²) in [7, 11) is 0. The lowest BCUT2D eigenvalue weighted by atomic mass is 10.0. The molecule has 4 nitrogen and oxygen atoms in total. The minimum absolute atomic E-state index is 0.135. The first-order valence-corrected chi connectivity index (χ1v) is 6.69. The van der Waals surface area contributed by atoms with E-state index in [1.54, 1.807) is 0 Å². The van der Waals surface area contributed by atoms with Crippen molar-refractivity contribution in [2.75, 3.05) is 6.54 Å². The summed E-state index contributed by atoms with van der Waals surface area (Å²) in [5.74, 6) is -0.322. The number of carboxylic acids is 1. The van der Waals surface area contributed by atoms with Gasteiger partial charge in [0.05, 0.1) is 0 Å². The topological polar surface area (TPSA) is 58.6 Å². The number of hydrogen-bond acceptors (Lipinski definition) is 3. The van der Waals surface area contributed by atoms with E-state index in [4.69, 9.17) is 9.84 Å². The average Bonchev–Trinajstić information content (AvgIpc) is 2.37. The first-order valence-electron chi connectivity index (χ1n) is 6.69. The number of nitrogens with one attached hydrogen (secondary N) is 1. The number of rotatable bonds is 7. The van der Waals surface area contributed by atoms with Gasteiger partial charge in [-0.2, -0.15) is 0 Å². The Morgan fingerprint density at radius 2 is 2.11 bits per heavy atom. The zero-order chi connectivity index (χ0) is 14.4. The molecule has 0 bridgehead atoms. The van der Waals surface area contributed by atoms with Crippen molar-refractivity contribution in [3.63, 3.8) is 0 Å². The van der Waals surface area contributed by atoms with Gasteiger partial charge in [-0.15, -0.1) is 0 Å². The van der Waals surface area contributed by atoms with E-state index in [1.807, 2.05) is 25.1 Å². The lowest BCUT2D eigenvalue weighted by Gasteiger charge is -2.20. The summed E-state index contributed by atoms with van der Waals surface area (Å²) < 4.78 is 5.52. The molecule has 0 saturated carbocycles. The number of aryl methyl sites for hydroxylation is 1. The van der Waals surface area contributed by atoms with Gasteiger partial charge < -0.3 is 15.2 Å². The van der Waals surface area contributed by atoms with Crippen molar-refractivity contribution in [2.24, 2.45) is 0 Å². The predicted octanol–water partition coefficient (Wildman–Crippen LogP) is 2.91. The van der Waals surface area contributed by atoms with Crippen LogP contribution in [-0.4, -0.2) is 23.7 Å². The molecule has 2 atom stereocenters. The largest absolute Gasteiger partial charge is 0.479 e. The van der Waals surface area contributed by atoms with E-state index < -0.39 is 12.1 Å². The number of hydrogen-bond donors (Lipinski definition) is 2. The third-order valence-corrected chi connectivity index (χ3v) is 2.98. The van der Waals surface area contributed by atoms with E-state index in [9.17, 15) is 4.79 Å². The molecule has 0 aliphatic rings. The molecule has 0 fully saturated rings. The molecule has 0 aromatic heterocycles. The molecule has 0 saturated heterocycles. The van der Waals surface area contributed by atoms with Crippen LogP contribution in [0.15, 0.2) is 18.2 Å². The summed E-state index contributed by atoms with van der Waals surface area (Å²) in [6.07, 6.45) is 0.206. The summed E-state index contributed by atoms with van der Waals surface area (Å²) in [4.78, 5) is 10.9. The molecular weight excluding hydrogens is 242 g/mol. The van der Waals surface area contributed by atoms with Crippen LogP contribution >= 0.6 is 0 Å². The molecule has 1 aromatic rings. The molecule has 0 amide bonds. The first kappa shape index (κ1) is 15.5. The van der Waals surface area contributed by atoms with E-state index in [2.05, 4.69) is 19.2 Å². The highest BCUT2D eigenvalue weighted by Crippen LogP contribution is 2.27. The maximum absolute atomic E-state index is 10.9. The molecule has 2 unspecified atom stereocenters. The Labute approximate surface area is 114 Å². The molecule has 0 aliphatic carbocycles. The highest BCUT2D eigenvalue weighted by molar-refractivity contribution is 5.72. The fraction of sp³-hybridized carbons (Fsp3) is 0.533. The quantitative estimate of drug-likeness (QED) is 0.796. The van der Waals surface area contributed by atoms with Crippen molar-refractivity contribution in [3.8, 4) is 5.75 Å². The van der Waals surface area contributed by atoms with Gasteiger partial charge in [-0.25, -0.2) is 4.79 Å². The van der Waals surface area contributed by atoms with Crippen molar-refractivity contribution < 1.29 is 14.6 Å². The summed E-state index contributed by atoms with van der Waals surface area (Å²) in [5, 5.41) is 12.3. The van der Waals surface area contributed by atoms with Crippen LogP contribution in [0, 0.1) is 6.92 Å². The monoisotopic (exact) mass is 265 g/mol. The Morgan fingerprint density at radius 1 is 1.42 bits per heavy atom. The van der Waals surface area contributed by atoms with Crippen molar-refractivity contribution in [3.05, 3.63) is 29.3 Å². The SMILES string of the molecule is CCCNC(C)c1cc(C)ccc1OC(C)C(=O)O. The van der Waals surface area contributed by atoms with Crippen LogP contribution in [0.5, 0.6) is 5.75 Å². The highest BCUT2D eigenvalue weighted by Gasteiger charge is 2.17. The average molecular weight is 265 g/mol. The number of carbonyl (C=O) groups is 1. The van der Waals surface area contributed by atoms with Crippen LogP contribution < -0.4 is 10.1 Å². The van der Waals surface area contributed by atoms with Crippen LogP contribution in [-0.2, 0) is 4.79 Å².